The molecule has 1 saturated heterocycles. The molecule has 1 aliphatic rings. The molecule has 5 nitrogen and oxygen atoms in total. The van der Waals surface area contributed by atoms with E-state index >= 15 is 0 Å². The molecular formula is C20H25BrO5S. The zero-order chi connectivity index (χ0) is 19.7. The lowest BCUT2D eigenvalue weighted by Gasteiger charge is -2.39. The number of hydrogen-bond acceptors (Lipinski definition) is 6. The topological polar surface area (TPSA) is 90.2 Å². The lowest BCUT2D eigenvalue weighted by molar-refractivity contribution is -0.231. The molecule has 27 heavy (non-hydrogen) atoms. The minimum atomic E-state index is -1.37. The van der Waals surface area contributed by atoms with Crippen LogP contribution in [0.3, 0.4) is 0 Å². The molecule has 0 bridgehead atoms. The fraction of sp³-hybridized carbons (Fsp3) is 0.500. The van der Waals surface area contributed by atoms with E-state index in [1.54, 1.807) is 0 Å². The van der Waals surface area contributed by atoms with Crippen molar-refractivity contribution in [3.8, 4) is 0 Å². The Morgan fingerprint density at radius 2 is 1.67 bits per heavy atom. The van der Waals surface area contributed by atoms with Gasteiger partial charge in [-0.2, -0.15) is 0 Å². The van der Waals surface area contributed by atoms with E-state index in [2.05, 4.69) is 47.1 Å². The summed E-state index contributed by atoms with van der Waals surface area (Å²) < 4.78 is 6.55. The van der Waals surface area contributed by atoms with E-state index in [1.165, 1.54) is 22.5 Å². The highest BCUT2D eigenvalue weighted by Crippen LogP contribution is 2.43. The quantitative estimate of drug-likeness (QED) is 0.554. The number of rotatable bonds is 5. The number of halogens is 1. The Balaban J connectivity index is 1.87. The van der Waals surface area contributed by atoms with Gasteiger partial charge >= 0.3 is 0 Å². The van der Waals surface area contributed by atoms with Crippen molar-refractivity contribution in [2.24, 2.45) is 0 Å². The van der Waals surface area contributed by atoms with Crippen LogP contribution in [0.2, 0.25) is 0 Å². The zero-order valence-electron chi connectivity index (χ0n) is 15.3. The Kier molecular flexibility index (Phi) is 6.74. The first kappa shape index (κ1) is 20.9. The molecule has 0 aliphatic carbocycles. The van der Waals surface area contributed by atoms with Gasteiger partial charge in [-0.05, 0) is 46.0 Å². The summed E-state index contributed by atoms with van der Waals surface area (Å²) in [5, 5.41) is 39.9. The van der Waals surface area contributed by atoms with E-state index in [-0.39, 0.29) is 0 Å². The van der Waals surface area contributed by atoms with Crippen LogP contribution >= 0.6 is 27.3 Å². The molecule has 1 aromatic heterocycles. The number of aliphatic hydroxyl groups excluding tert-OH is 4. The molecule has 0 unspecified atom stereocenters. The van der Waals surface area contributed by atoms with Gasteiger partial charge in [0.25, 0.3) is 0 Å². The zero-order valence-corrected chi connectivity index (χ0v) is 17.7. The van der Waals surface area contributed by atoms with Crippen molar-refractivity contribution in [3.05, 3.63) is 55.2 Å². The first-order valence-corrected chi connectivity index (χ1v) is 10.6. The van der Waals surface area contributed by atoms with E-state index in [0.29, 0.717) is 0 Å². The lowest BCUT2D eigenvalue weighted by Crippen LogP contribution is -2.55. The Bertz CT molecular complexity index is 773. The van der Waals surface area contributed by atoms with Crippen molar-refractivity contribution in [2.75, 3.05) is 6.61 Å². The van der Waals surface area contributed by atoms with Gasteiger partial charge in [-0.25, -0.2) is 0 Å². The van der Waals surface area contributed by atoms with Gasteiger partial charge in [-0.1, -0.05) is 31.2 Å². The average Bonchev–Trinajstić information content (AvgIpc) is 2.95. The normalized spacial score (nSPS) is 28.5. The van der Waals surface area contributed by atoms with Crippen LogP contribution in [0, 0.1) is 6.92 Å². The van der Waals surface area contributed by atoms with Gasteiger partial charge in [0.1, 0.15) is 30.5 Å². The van der Waals surface area contributed by atoms with Gasteiger partial charge in [0.05, 0.1) is 11.5 Å². The summed E-state index contributed by atoms with van der Waals surface area (Å²) in [5.74, 6) is 0. The molecule has 7 heteroatoms. The summed E-state index contributed by atoms with van der Waals surface area (Å²) in [4.78, 5) is 1.89. The highest BCUT2D eigenvalue weighted by Gasteiger charge is 2.45. The molecule has 0 saturated carbocycles. The fourth-order valence-electron chi connectivity index (χ4n) is 3.31. The molecule has 4 N–H and O–H groups in total. The Morgan fingerprint density at radius 3 is 2.26 bits per heavy atom. The Morgan fingerprint density at radius 1 is 1.04 bits per heavy atom. The number of aryl methyl sites for hydroxylation is 1. The molecule has 0 spiro atoms. The van der Waals surface area contributed by atoms with Crippen LogP contribution in [-0.2, 0) is 17.6 Å². The molecular weight excluding hydrogens is 432 g/mol. The highest BCUT2D eigenvalue weighted by atomic mass is 79.9. The summed E-state index contributed by atoms with van der Waals surface area (Å²) in [6.07, 6.45) is -3.95. The summed E-state index contributed by atoms with van der Waals surface area (Å²) in [6.45, 7) is 3.70. The summed E-state index contributed by atoms with van der Waals surface area (Å²) in [5.41, 5.74) is 3.56. The second-order valence-corrected chi connectivity index (χ2v) is 8.85. The van der Waals surface area contributed by atoms with E-state index in [9.17, 15) is 20.4 Å². The van der Waals surface area contributed by atoms with Gasteiger partial charge in [0.2, 0.25) is 0 Å². The van der Waals surface area contributed by atoms with Crippen molar-refractivity contribution in [1.82, 2.24) is 0 Å². The molecule has 0 amide bonds. The summed E-state index contributed by atoms with van der Waals surface area (Å²) >= 11 is 5.10. The van der Waals surface area contributed by atoms with Crippen LogP contribution in [0.25, 0.3) is 0 Å². The van der Waals surface area contributed by atoms with E-state index in [0.717, 1.165) is 32.6 Å². The third-order valence-corrected chi connectivity index (χ3v) is 7.78. The Labute approximate surface area is 171 Å². The van der Waals surface area contributed by atoms with Crippen LogP contribution in [-0.4, -0.2) is 51.4 Å². The van der Waals surface area contributed by atoms with Gasteiger partial charge in [-0.15, -0.1) is 11.3 Å². The van der Waals surface area contributed by atoms with Crippen molar-refractivity contribution in [3.63, 3.8) is 0 Å². The number of thiophene rings is 1. The first-order chi connectivity index (χ1) is 12.9. The van der Waals surface area contributed by atoms with Crippen molar-refractivity contribution >= 4 is 27.3 Å². The van der Waals surface area contributed by atoms with E-state index in [1.807, 2.05) is 6.92 Å². The van der Waals surface area contributed by atoms with Crippen LogP contribution in [0.1, 0.15) is 39.5 Å². The van der Waals surface area contributed by atoms with Crippen LogP contribution < -0.4 is 0 Å². The molecule has 1 aromatic carbocycles. The first-order valence-electron chi connectivity index (χ1n) is 9.03. The maximum Gasteiger partial charge on any atom is 0.122 e. The monoisotopic (exact) mass is 456 g/mol. The molecule has 5 atom stereocenters. The summed E-state index contributed by atoms with van der Waals surface area (Å²) in [6, 6.07) is 8.51. The second-order valence-electron chi connectivity index (χ2n) is 6.92. The average molecular weight is 457 g/mol. The van der Waals surface area contributed by atoms with E-state index < -0.39 is 37.1 Å². The highest BCUT2D eigenvalue weighted by molar-refractivity contribution is 9.10. The third-order valence-electron chi connectivity index (χ3n) is 5.14. The van der Waals surface area contributed by atoms with Gasteiger partial charge < -0.3 is 25.2 Å². The Hall–Kier alpha value is -0.800. The maximum absolute atomic E-state index is 10.4. The minimum absolute atomic E-state index is 0.430. The van der Waals surface area contributed by atoms with E-state index in [4.69, 9.17) is 4.74 Å². The number of ether oxygens (including phenoxy) is 1. The maximum atomic E-state index is 10.4. The number of hydrogen-bond donors (Lipinski definition) is 4. The SMILES string of the molecule is CCc1ccc(Cc2sc([C@@H]3O[C@H](CO)[C@@H](O)[C@H](O)[C@H]3O)c(Br)c2C)cc1. The molecule has 3 rings (SSSR count). The molecule has 1 aliphatic heterocycles. The molecule has 2 heterocycles. The predicted molar refractivity (Wildman–Crippen MR) is 108 cm³/mol. The molecule has 148 valence electrons. The van der Waals surface area contributed by atoms with Crippen LogP contribution in [0.4, 0.5) is 0 Å². The predicted octanol–water partition coefficient (Wildman–Crippen LogP) is 2.49. The standard InChI is InChI=1S/C20H25BrO5S/c1-3-11-4-6-12(7-5-11)8-14-10(2)15(21)20(27-14)19-18(25)17(24)16(23)13(9-22)26-19/h4-7,13,16-19,22-25H,3,8-9H2,1-2H3/t13-,16-,17+,18-,19-/m1/s1. The van der Waals surface area contributed by atoms with Crippen molar-refractivity contribution in [2.45, 2.75) is 57.2 Å². The van der Waals surface area contributed by atoms with Crippen LogP contribution in [0.5, 0.6) is 0 Å². The van der Waals surface area contributed by atoms with Gasteiger partial charge in [0, 0.05) is 15.8 Å². The van der Waals surface area contributed by atoms with Crippen LogP contribution in [0.15, 0.2) is 28.7 Å². The second kappa shape index (κ2) is 8.69. The lowest BCUT2D eigenvalue weighted by atomic mass is 9.94. The number of aliphatic hydroxyl groups is 4. The fourth-order valence-corrected chi connectivity index (χ4v) is 5.46. The molecule has 1 fully saturated rings. The number of benzene rings is 1. The van der Waals surface area contributed by atoms with Gasteiger partial charge in [-0.3, -0.25) is 0 Å². The summed E-state index contributed by atoms with van der Waals surface area (Å²) in [7, 11) is 0. The van der Waals surface area contributed by atoms with Crippen molar-refractivity contribution in [1.29, 1.82) is 0 Å². The molecule has 0 radical (unpaired) electrons. The molecule has 2 aromatic rings. The van der Waals surface area contributed by atoms with Gasteiger partial charge in [0.15, 0.2) is 0 Å². The third kappa shape index (κ3) is 4.15. The van der Waals surface area contributed by atoms with Crippen molar-refractivity contribution < 1.29 is 25.2 Å². The minimum Gasteiger partial charge on any atom is -0.394 e. The smallest absolute Gasteiger partial charge is 0.122 e. The largest absolute Gasteiger partial charge is 0.394 e.